The monoisotopic (exact) mass is 284 g/mol. The summed E-state index contributed by atoms with van der Waals surface area (Å²) in [5.74, 6) is -2.12. The van der Waals surface area contributed by atoms with Gasteiger partial charge in [0.1, 0.15) is 5.75 Å². The van der Waals surface area contributed by atoms with E-state index >= 15 is 0 Å². The average Bonchev–Trinajstić information content (AvgIpc) is 2.37. The summed E-state index contributed by atoms with van der Waals surface area (Å²) in [6, 6.07) is 8.25. The summed E-state index contributed by atoms with van der Waals surface area (Å²) in [5, 5.41) is 9.61. The number of aliphatic hydroxyl groups is 1. The lowest BCUT2D eigenvalue weighted by atomic mass is 10.1. The van der Waals surface area contributed by atoms with E-state index in [1.165, 1.54) is 24.3 Å². The molecule has 0 aromatic heterocycles. The highest BCUT2D eigenvalue weighted by Gasteiger charge is 2.12. The standard InChI is InChI=1S/C14H11ClF2O2/c1-8(18)9-5-6-12(10(15)7-9)19-13-4-2-3-11(16)14(13)17/h2-8,18H,1H3/t8-/m1/s1. The van der Waals surface area contributed by atoms with Gasteiger partial charge in [0.15, 0.2) is 11.6 Å². The molecule has 2 rings (SSSR count). The zero-order valence-electron chi connectivity index (χ0n) is 10.0. The van der Waals surface area contributed by atoms with Crippen molar-refractivity contribution in [1.29, 1.82) is 0 Å². The molecule has 2 aromatic carbocycles. The predicted molar refractivity (Wildman–Crippen MR) is 68.5 cm³/mol. The van der Waals surface area contributed by atoms with Crippen molar-refractivity contribution in [2.24, 2.45) is 0 Å². The lowest BCUT2D eigenvalue weighted by Crippen LogP contribution is -1.94. The molecule has 0 unspecified atom stereocenters. The third-order valence-corrected chi connectivity index (χ3v) is 2.87. The number of ether oxygens (including phenoxy) is 1. The van der Waals surface area contributed by atoms with Gasteiger partial charge < -0.3 is 9.84 Å². The second kappa shape index (κ2) is 5.55. The molecular weight excluding hydrogens is 274 g/mol. The molecule has 0 aliphatic heterocycles. The average molecular weight is 285 g/mol. The van der Waals surface area contributed by atoms with E-state index in [4.69, 9.17) is 16.3 Å². The number of hydrogen-bond acceptors (Lipinski definition) is 2. The van der Waals surface area contributed by atoms with Crippen LogP contribution in [0.5, 0.6) is 11.5 Å². The van der Waals surface area contributed by atoms with Crippen LogP contribution >= 0.6 is 11.6 Å². The summed E-state index contributed by atoms with van der Waals surface area (Å²) in [6.07, 6.45) is -0.669. The zero-order chi connectivity index (χ0) is 14.0. The van der Waals surface area contributed by atoms with Gasteiger partial charge in [-0.25, -0.2) is 4.39 Å². The van der Waals surface area contributed by atoms with Gasteiger partial charge in [-0.2, -0.15) is 4.39 Å². The van der Waals surface area contributed by atoms with E-state index < -0.39 is 17.7 Å². The lowest BCUT2D eigenvalue weighted by Gasteiger charge is -2.11. The normalized spacial score (nSPS) is 12.3. The minimum atomic E-state index is -1.07. The highest BCUT2D eigenvalue weighted by Crippen LogP contribution is 2.33. The lowest BCUT2D eigenvalue weighted by molar-refractivity contribution is 0.199. The van der Waals surface area contributed by atoms with Crippen LogP contribution < -0.4 is 4.74 Å². The van der Waals surface area contributed by atoms with Gasteiger partial charge in [-0.15, -0.1) is 0 Å². The molecule has 0 saturated carbocycles. The first-order chi connectivity index (χ1) is 8.99. The summed E-state index contributed by atoms with van der Waals surface area (Å²) < 4.78 is 31.7. The molecule has 2 nitrogen and oxygen atoms in total. The predicted octanol–water partition coefficient (Wildman–Crippen LogP) is 4.46. The van der Waals surface area contributed by atoms with Crippen LogP contribution in [0.25, 0.3) is 0 Å². The van der Waals surface area contributed by atoms with E-state index in [1.54, 1.807) is 13.0 Å². The van der Waals surface area contributed by atoms with Gasteiger partial charge in [-0.05, 0) is 36.8 Å². The highest BCUT2D eigenvalue weighted by molar-refractivity contribution is 6.32. The van der Waals surface area contributed by atoms with E-state index in [2.05, 4.69) is 0 Å². The second-order valence-electron chi connectivity index (χ2n) is 4.02. The number of halogens is 3. The Morgan fingerprint density at radius 2 is 1.89 bits per heavy atom. The molecule has 0 aliphatic rings. The van der Waals surface area contributed by atoms with Gasteiger partial charge in [0.2, 0.25) is 5.82 Å². The van der Waals surface area contributed by atoms with Crippen LogP contribution in [0.1, 0.15) is 18.6 Å². The molecule has 1 atom stereocenters. The molecule has 0 amide bonds. The first kappa shape index (κ1) is 13.8. The molecule has 0 aliphatic carbocycles. The van der Waals surface area contributed by atoms with E-state index in [9.17, 15) is 13.9 Å². The summed E-state index contributed by atoms with van der Waals surface area (Å²) in [5.41, 5.74) is 0.608. The molecule has 0 saturated heterocycles. The zero-order valence-corrected chi connectivity index (χ0v) is 10.8. The third kappa shape index (κ3) is 3.03. The van der Waals surface area contributed by atoms with Crippen LogP contribution in [0.15, 0.2) is 36.4 Å². The maximum Gasteiger partial charge on any atom is 0.201 e. The molecule has 0 fully saturated rings. The van der Waals surface area contributed by atoms with Gasteiger partial charge >= 0.3 is 0 Å². The van der Waals surface area contributed by atoms with Crippen molar-refractivity contribution in [3.63, 3.8) is 0 Å². The van der Waals surface area contributed by atoms with Gasteiger partial charge in [-0.1, -0.05) is 23.7 Å². The molecule has 19 heavy (non-hydrogen) atoms. The number of aliphatic hydroxyl groups excluding tert-OH is 1. The Labute approximate surface area is 114 Å². The number of hydrogen-bond donors (Lipinski definition) is 1. The van der Waals surface area contributed by atoms with Crippen LogP contribution in [0.2, 0.25) is 5.02 Å². The maximum absolute atomic E-state index is 13.4. The molecule has 0 bridgehead atoms. The Kier molecular flexibility index (Phi) is 4.02. The van der Waals surface area contributed by atoms with Crippen LogP contribution in [0.3, 0.4) is 0 Å². The van der Waals surface area contributed by atoms with Gasteiger partial charge in [0.05, 0.1) is 11.1 Å². The van der Waals surface area contributed by atoms with Crippen molar-refractivity contribution < 1.29 is 18.6 Å². The van der Waals surface area contributed by atoms with Gasteiger partial charge in [0.25, 0.3) is 0 Å². The van der Waals surface area contributed by atoms with Crippen LogP contribution in [0.4, 0.5) is 8.78 Å². The topological polar surface area (TPSA) is 29.5 Å². The van der Waals surface area contributed by atoms with E-state index in [0.29, 0.717) is 5.56 Å². The third-order valence-electron chi connectivity index (χ3n) is 2.57. The Bertz CT molecular complexity index is 600. The fourth-order valence-electron chi connectivity index (χ4n) is 1.54. The number of rotatable bonds is 3. The first-order valence-electron chi connectivity index (χ1n) is 5.58. The van der Waals surface area contributed by atoms with Crippen LogP contribution in [-0.4, -0.2) is 5.11 Å². The minimum Gasteiger partial charge on any atom is -0.453 e. The van der Waals surface area contributed by atoms with Crippen molar-refractivity contribution in [2.75, 3.05) is 0 Å². The molecule has 1 N–H and O–H groups in total. The molecule has 2 aromatic rings. The Balaban J connectivity index is 2.31. The minimum absolute atomic E-state index is 0.190. The Hall–Kier alpha value is -1.65. The molecule has 0 heterocycles. The quantitative estimate of drug-likeness (QED) is 0.901. The van der Waals surface area contributed by atoms with Crippen LogP contribution in [0, 0.1) is 11.6 Å². The van der Waals surface area contributed by atoms with Crippen molar-refractivity contribution >= 4 is 11.6 Å². The SMILES string of the molecule is C[C@@H](O)c1ccc(Oc2cccc(F)c2F)c(Cl)c1. The fourth-order valence-corrected chi connectivity index (χ4v) is 1.77. The highest BCUT2D eigenvalue weighted by atomic mass is 35.5. The van der Waals surface area contributed by atoms with Crippen molar-refractivity contribution in [3.05, 3.63) is 58.6 Å². The van der Waals surface area contributed by atoms with Gasteiger partial charge in [0, 0.05) is 0 Å². The van der Waals surface area contributed by atoms with Crippen molar-refractivity contribution in [1.82, 2.24) is 0 Å². The molecular formula is C14H11ClF2O2. The van der Waals surface area contributed by atoms with Gasteiger partial charge in [-0.3, -0.25) is 0 Å². The molecule has 0 spiro atoms. The van der Waals surface area contributed by atoms with E-state index in [0.717, 1.165) is 6.07 Å². The van der Waals surface area contributed by atoms with Crippen molar-refractivity contribution in [3.8, 4) is 11.5 Å². The molecule has 100 valence electrons. The van der Waals surface area contributed by atoms with Crippen LogP contribution in [-0.2, 0) is 0 Å². The van der Waals surface area contributed by atoms with E-state index in [1.807, 2.05) is 0 Å². The summed E-state index contributed by atoms with van der Waals surface area (Å²) >= 11 is 5.96. The van der Waals surface area contributed by atoms with E-state index in [-0.39, 0.29) is 16.5 Å². The summed E-state index contributed by atoms with van der Waals surface area (Å²) in [4.78, 5) is 0. The maximum atomic E-state index is 13.4. The first-order valence-corrected chi connectivity index (χ1v) is 5.96. The smallest absolute Gasteiger partial charge is 0.201 e. The summed E-state index contributed by atoms with van der Waals surface area (Å²) in [7, 11) is 0. The van der Waals surface area contributed by atoms with Crippen molar-refractivity contribution in [2.45, 2.75) is 13.0 Å². The fraction of sp³-hybridized carbons (Fsp3) is 0.143. The largest absolute Gasteiger partial charge is 0.453 e. The Morgan fingerprint density at radius 3 is 2.53 bits per heavy atom. The molecule has 5 heteroatoms. The summed E-state index contributed by atoms with van der Waals surface area (Å²) in [6.45, 7) is 1.60. The second-order valence-corrected chi connectivity index (χ2v) is 4.43. The molecule has 0 radical (unpaired) electrons. The Morgan fingerprint density at radius 1 is 1.16 bits per heavy atom. The number of benzene rings is 2.